The van der Waals surface area contributed by atoms with Gasteiger partial charge in [0, 0.05) is 0 Å². The van der Waals surface area contributed by atoms with Gasteiger partial charge in [-0.05, 0) is 18.7 Å². The molecule has 2 aromatic rings. The van der Waals surface area contributed by atoms with Gasteiger partial charge in [0.25, 0.3) is 0 Å². The summed E-state index contributed by atoms with van der Waals surface area (Å²) in [5, 5.41) is 5.82. The van der Waals surface area contributed by atoms with Gasteiger partial charge in [-0.2, -0.15) is 12.8 Å². The second-order valence-corrected chi connectivity index (χ2v) is 4.75. The molecule has 156 valence electrons. The van der Waals surface area contributed by atoms with E-state index in [9.17, 15) is 4.79 Å². The van der Waals surface area contributed by atoms with Crippen molar-refractivity contribution < 1.29 is 25.9 Å². The topological polar surface area (TPSA) is 41.1 Å². The normalized spacial score (nSPS) is 10.9. The van der Waals surface area contributed by atoms with Crippen molar-refractivity contribution in [2.45, 2.75) is 54.4 Å². The minimum atomic E-state index is 0. The van der Waals surface area contributed by atoms with E-state index in [0.717, 1.165) is 16.8 Å². The number of carbonyl (C=O) groups excluding carboxylic acids is 1. The van der Waals surface area contributed by atoms with Gasteiger partial charge in [0.15, 0.2) is 0 Å². The Morgan fingerprint density at radius 2 is 1.32 bits per heavy atom. The minimum Gasteiger partial charge on any atom is -0.490 e. The van der Waals surface area contributed by atoms with E-state index in [2.05, 4.69) is 17.1 Å². The van der Waals surface area contributed by atoms with E-state index >= 15 is 0 Å². The summed E-state index contributed by atoms with van der Waals surface area (Å²) >= 11 is 0. The fourth-order valence-corrected chi connectivity index (χ4v) is 2.19. The van der Waals surface area contributed by atoms with Crippen LogP contribution in [-0.4, -0.2) is 19.5 Å². The third-order valence-corrected chi connectivity index (χ3v) is 3.25. The van der Waals surface area contributed by atoms with Crippen molar-refractivity contribution in [2.24, 2.45) is 0 Å². The Morgan fingerprint density at radius 1 is 0.821 bits per heavy atom. The van der Waals surface area contributed by atoms with Crippen LogP contribution in [0, 0.1) is 6.42 Å². The molecule has 0 aliphatic carbocycles. The number of hydrogen-bond acceptors (Lipinski definition) is 2. The van der Waals surface area contributed by atoms with E-state index in [1.54, 1.807) is 6.41 Å². The maximum absolute atomic E-state index is 10.3. The zero-order valence-corrected chi connectivity index (χ0v) is 21.4. The summed E-state index contributed by atoms with van der Waals surface area (Å²) in [6.07, 6.45) is 6.55. The summed E-state index contributed by atoms with van der Waals surface area (Å²) in [5.41, 5.74) is 2.86. The number of amides is 1. The molecule has 1 amide bonds. The molecule has 4 heteroatoms. The van der Waals surface area contributed by atoms with Crippen LogP contribution in [0.3, 0.4) is 0 Å². The van der Waals surface area contributed by atoms with Gasteiger partial charge in [0.2, 0.25) is 0 Å². The van der Waals surface area contributed by atoms with Gasteiger partial charge in [0.1, 0.15) is 0 Å². The van der Waals surface area contributed by atoms with E-state index in [1.165, 1.54) is 25.9 Å². The Balaban J connectivity index is -0.000000405. The summed E-state index contributed by atoms with van der Waals surface area (Å²) in [7, 11) is 0. The van der Waals surface area contributed by atoms with Gasteiger partial charge in [-0.25, -0.2) is 0 Å². The van der Waals surface area contributed by atoms with Crippen molar-refractivity contribution in [1.82, 2.24) is 5.32 Å². The van der Waals surface area contributed by atoms with Crippen molar-refractivity contribution >= 4 is 12.1 Å². The van der Waals surface area contributed by atoms with Gasteiger partial charge in [-0.3, -0.25) is 0 Å². The van der Waals surface area contributed by atoms with E-state index in [0.29, 0.717) is 0 Å². The first kappa shape index (κ1) is 31.3. The molecule has 2 aromatic carbocycles. The van der Waals surface area contributed by atoms with Crippen LogP contribution in [0.4, 0.5) is 5.69 Å². The second kappa shape index (κ2) is 25.6. The van der Waals surface area contributed by atoms with Crippen molar-refractivity contribution in [2.75, 3.05) is 18.4 Å². The van der Waals surface area contributed by atoms with Crippen LogP contribution in [0.15, 0.2) is 54.6 Å². The molecule has 0 spiro atoms. The average molecular weight is 554 g/mol. The number of benzene rings is 2. The molecule has 0 unspecified atom stereocenters. The van der Waals surface area contributed by atoms with Gasteiger partial charge in [-0.15, -0.1) is 11.8 Å². The molecule has 3 nitrogen and oxygen atoms in total. The number of rotatable bonds is 3. The van der Waals surface area contributed by atoms with E-state index < -0.39 is 0 Å². The Morgan fingerprint density at radius 3 is 1.75 bits per heavy atom. The van der Waals surface area contributed by atoms with Crippen LogP contribution >= 0.6 is 0 Å². The fraction of sp³-hybridized carbons (Fsp3) is 0.417. The maximum atomic E-state index is 10.3. The standard InChI is InChI=1S/C13H10NO.C5H10N.3C2H6.W/c15-10-14-13-9-5-4-8-12(13)11-6-2-1-3-7-11;1-2-4-6-5-3-1;3*1-2;/h1-9H,(H,14,15);1,6H,2-5H2;3*1-2H3;/q2*-1;;;;+2. The van der Waals surface area contributed by atoms with Crippen molar-refractivity contribution in [3.8, 4) is 11.1 Å². The molecule has 1 saturated heterocycles. The van der Waals surface area contributed by atoms with Crippen molar-refractivity contribution in [3.63, 3.8) is 0 Å². The fourth-order valence-electron chi connectivity index (χ4n) is 2.19. The number of hydrogen-bond donors (Lipinski definition) is 2. The van der Waals surface area contributed by atoms with E-state index in [1.807, 2.05) is 96.1 Å². The van der Waals surface area contributed by atoms with Crippen molar-refractivity contribution in [1.29, 1.82) is 0 Å². The molecule has 0 radical (unpaired) electrons. The van der Waals surface area contributed by atoms with Gasteiger partial charge in [-0.1, -0.05) is 95.6 Å². The number of anilines is 1. The predicted molar refractivity (Wildman–Crippen MR) is 122 cm³/mol. The zero-order valence-electron chi connectivity index (χ0n) is 18.4. The van der Waals surface area contributed by atoms with Crippen LogP contribution in [0.5, 0.6) is 0 Å². The van der Waals surface area contributed by atoms with Crippen LogP contribution in [0.25, 0.3) is 11.1 Å². The average Bonchev–Trinajstić information content (AvgIpc) is 2.81. The summed E-state index contributed by atoms with van der Waals surface area (Å²) in [4.78, 5) is 10.3. The van der Waals surface area contributed by atoms with Crippen LogP contribution in [0.1, 0.15) is 54.4 Å². The molecule has 0 aromatic heterocycles. The second-order valence-electron chi connectivity index (χ2n) is 4.75. The van der Waals surface area contributed by atoms with Gasteiger partial charge < -0.3 is 21.8 Å². The minimum absolute atomic E-state index is 0. The van der Waals surface area contributed by atoms with Crippen molar-refractivity contribution in [3.05, 3.63) is 61.0 Å². The molecule has 1 heterocycles. The number of nitrogens with one attached hydrogen (secondary N) is 2. The molecule has 2 N–H and O–H groups in total. The van der Waals surface area contributed by atoms with Crippen LogP contribution < -0.4 is 10.6 Å². The predicted octanol–water partition coefficient (Wildman–Crippen LogP) is 6.48. The zero-order chi connectivity index (χ0) is 20.8. The first-order valence-electron chi connectivity index (χ1n) is 10.2. The first-order valence-corrected chi connectivity index (χ1v) is 10.2. The number of piperidine rings is 1. The molecule has 28 heavy (non-hydrogen) atoms. The monoisotopic (exact) mass is 554 g/mol. The van der Waals surface area contributed by atoms with Gasteiger partial charge in [0.05, 0.1) is 6.41 Å². The summed E-state index contributed by atoms with van der Waals surface area (Å²) in [6, 6.07) is 17.6. The Hall–Kier alpha value is -1.44. The molecule has 0 bridgehead atoms. The Labute approximate surface area is 188 Å². The smallest absolute Gasteiger partial charge is 0.490 e. The Kier molecular flexibility index (Phi) is 28.5. The molecular weight excluding hydrogens is 516 g/mol. The molecule has 1 aliphatic rings. The van der Waals surface area contributed by atoms with Crippen LogP contribution in [-0.2, 0) is 25.9 Å². The molecule has 0 saturated carbocycles. The Bertz CT molecular complexity index is 532. The molecular formula is C24H38N2OW. The van der Waals surface area contributed by atoms with E-state index in [4.69, 9.17) is 0 Å². The molecule has 1 aliphatic heterocycles. The third kappa shape index (κ3) is 14.6. The molecule has 0 atom stereocenters. The SMILES string of the molecule is CC.CC.CC.O=[C-]Nc1ccccc1-c1ccccc1.[CH-]1CCNCC1.[W+2]. The summed E-state index contributed by atoms with van der Waals surface area (Å²) in [5.74, 6) is 0. The van der Waals surface area contributed by atoms with Gasteiger partial charge >= 0.3 is 21.1 Å². The molecule has 1 fully saturated rings. The molecule has 3 rings (SSSR count). The summed E-state index contributed by atoms with van der Waals surface area (Å²) < 4.78 is 0. The maximum Gasteiger partial charge on any atom is 2.00 e. The quantitative estimate of drug-likeness (QED) is 0.337. The van der Waals surface area contributed by atoms with Crippen LogP contribution in [0.2, 0.25) is 0 Å². The largest absolute Gasteiger partial charge is 2.00 e. The summed E-state index contributed by atoms with van der Waals surface area (Å²) in [6.45, 7) is 14.4. The third-order valence-electron chi connectivity index (χ3n) is 3.25. The number of para-hydroxylation sites is 1. The first-order chi connectivity index (χ1) is 13.4. The van der Waals surface area contributed by atoms with E-state index in [-0.39, 0.29) is 21.1 Å².